The fraction of sp³-hybridized carbons (Fsp3) is 0.571. The molecule has 0 atom stereocenters. The van der Waals surface area contributed by atoms with Gasteiger partial charge in [0.2, 0.25) is 0 Å². The maximum atomic E-state index is 5.76. The number of hydrogen-bond donors (Lipinski definition) is 0. The molecule has 0 N–H and O–H groups in total. The van der Waals surface area contributed by atoms with Crippen LogP contribution in [0.5, 0.6) is 11.5 Å². The molecule has 0 bridgehead atoms. The fourth-order valence-corrected chi connectivity index (χ4v) is 2.21. The van der Waals surface area contributed by atoms with Gasteiger partial charge in [-0.2, -0.15) is 0 Å². The van der Waals surface area contributed by atoms with Gasteiger partial charge in [-0.1, -0.05) is 18.6 Å². The molecule has 0 aromatic heterocycles. The lowest BCUT2D eigenvalue weighted by molar-refractivity contribution is 0.180. The average Bonchev–Trinajstić information content (AvgIpc) is 2.40. The summed E-state index contributed by atoms with van der Waals surface area (Å²) in [6.45, 7) is 4.18. The lowest BCUT2D eigenvalue weighted by atomic mass is 10.1. The van der Waals surface area contributed by atoms with E-state index in [1.807, 2.05) is 24.3 Å². The van der Waals surface area contributed by atoms with Crippen molar-refractivity contribution in [3.05, 3.63) is 24.3 Å². The molecule has 94 valence electrons. The molecule has 0 unspecified atom stereocenters. The summed E-state index contributed by atoms with van der Waals surface area (Å²) >= 11 is 0. The van der Waals surface area contributed by atoms with Gasteiger partial charge in [0, 0.05) is 6.54 Å². The molecule has 3 nitrogen and oxygen atoms in total. The van der Waals surface area contributed by atoms with Crippen molar-refractivity contribution in [3.63, 3.8) is 0 Å². The van der Waals surface area contributed by atoms with Gasteiger partial charge < -0.3 is 9.47 Å². The van der Waals surface area contributed by atoms with Crippen LogP contribution in [0, 0.1) is 0 Å². The van der Waals surface area contributed by atoms with E-state index >= 15 is 0 Å². The summed E-state index contributed by atoms with van der Waals surface area (Å²) in [5.41, 5.74) is 0. The number of nitrogens with zero attached hydrogens (tertiary/aromatic N) is 1. The minimum absolute atomic E-state index is 0.736. The predicted molar refractivity (Wildman–Crippen MR) is 68.8 cm³/mol. The topological polar surface area (TPSA) is 21.7 Å². The van der Waals surface area contributed by atoms with Crippen LogP contribution in [0.4, 0.5) is 0 Å². The quantitative estimate of drug-likeness (QED) is 0.783. The highest BCUT2D eigenvalue weighted by Gasteiger charge is 2.10. The Bertz CT molecular complexity index is 335. The number of ether oxygens (including phenoxy) is 2. The van der Waals surface area contributed by atoms with Gasteiger partial charge in [-0.05, 0) is 38.1 Å². The molecule has 1 aliphatic rings. The molecule has 1 heterocycles. The zero-order chi connectivity index (χ0) is 11.9. The summed E-state index contributed by atoms with van der Waals surface area (Å²) in [5, 5.41) is 0. The van der Waals surface area contributed by atoms with E-state index in [1.54, 1.807) is 7.11 Å². The van der Waals surface area contributed by atoms with E-state index in [0.717, 1.165) is 24.7 Å². The summed E-state index contributed by atoms with van der Waals surface area (Å²) in [7, 11) is 1.67. The summed E-state index contributed by atoms with van der Waals surface area (Å²) in [4.78, 5) is 2.47. The first kappa shape index (κ1) is 12.2. The molecular formula is C14H21NO2. The van der Waals surface area contributed by atoms with E-state index < -0.39 is 0 Å². The van der Waals surface area contributed by atoms with Crippen molar-refractivity contribution in [2.24, 2.45) is 0 Å². The van der Waals surface area contributed by atoms with E-state index in [2.05, 4.69) is 4.90 Å². The Morgan fingerprint density at radius 3 is 2.47 bits per heavy atom. The SMILES string of the molecule is COc1ccccc1OCCN1CCCCC1. The zero-order valence-corrected chi connectivity index (χ0v) is 10.5. The number of piperidine rings is 1. The maximum absolute atomic E-state index is 5.76. The third-order valence-electron chi connectivity index (χ3n) is 3.18. The lowest BCUT2D eigenvalue weighted by Crippen LogP contribution is -2.33. The van der Waals surface area contributed by atoms with E-state index in [9.17, 15) is 0 Å². The summed E-state index contributed by atoms with van der Waals surface area (Å²) < 4.78 is 11.0. The first-order chi connectivity index (χ1) is 8.40. The second-order valence-corrected chi connectivity index (χ2v) is 4.40. The van der Waals surface area contributed by atoms with E-state index in [1.165, 1.54) is 32.4 Å². The van der Waals surface area contributed by atoms with Crippen molar-refractivity contribution in [2.75, 3.05) is 33.4 Å². The van der Waals surface area contributed by atoms with Gasteiger partial charge in [0.15, 0.2) is 11.5 Å². The summed E-state index contributed by atoms with van der Waals surface area (Å²) in [6, 6.07) is 7.81. The number of para-hydroxylation sites is 2. The fourth-order valence-electron chi connectivity index (χ4n) is 2.21. The first-order valence-corrected chi connectivity index (χ1v) is 6.38. The Kier molecular flexibility index (Phi) is 4.68. The smallest absolute Gasteiger partial charge is 0.161 e. The van der Waals surface area contributed by atoms with Gasteiger partial charge in [0.05, 0.1) is 7.11 Å². The van der Waals surface area contributed by atoms with Gasteiger partial charge in [0.25, 0.3) is 0 Å². The van der Waals surface area contributed by atoms with Crippen LogP contribution in [0.2, 0.25) is 0 Å². The van der Waals surface area contributed by atoms with Crippen molar-refractivity contribution in [3.8, 4) is 11.5 Å². The van der Waals surface area contributed by atoms with Crippen molar-refractivity contribution in [2.45, 2.75) is 19.3 Å². The molecule has 1 aliphatic heterocycles. The summed E-state index contributed by atoms with van der Waals surface area (Å²) in [5.74, 6) is 1.65. The molecule has 0 spiro atoms. The van der Waals surface area contributed by atoms with Crippen LogP contribution in [-0.4, -0.2) is 38.3 Å². The average molecular weight is 235 g/mol. The molecular weight excluding hydrogens is 214 g/mol. The van der Waals surface area contributed by atoms with Gasteiger partial charge >= 0.3 is 0 Å². The highest BCUT2D eigenvalue weighted by molar-refractivity contribution is 5.39. The molecule has 0 aliphatic carbocycles. The Labute approximate surface area is 103 Å². The van der Waals surface area contributed by atoms with Crippen molar-refractivity contribution in [1.29, 1.82) is 0 Å². The van der Waals surface area contributed by atoms with Crippen molar-refractivity contribution >= 4 is 0 Å². The Hall–Kier alpha value is -1.22. The standard InChI is InChI=1S/C14H21NO2/c1-16-13-7-3-4-8-14(13)17-12-11-15-9-5-2-6-10-15/h3-4,7-8H,2,5-6,9-12H2,1H3. The van der Waals surface area contributed by atoms with Crippen LogP contribution in [0.1, 0.15) is 19.3 Å². The monoisotopic (exact) mass is 235 g/mol. The molecule has 1 saturated heterocycles. The van der Waals surface area contributed by atoms with E-state index in [4.69, 9.17) is 9.47 Å². The van der Waals surface area contributed by atoms with E-state index in [0.29, 0.717) is 0 Å². The Balaban J connectivity index is 1.77. The lowest BCUT2D eigenvalue weighted by Gasteiger charge is -2.26. The van der Waals surface area contributed by atoms with Crippen LogP contribution in [-0.2, 0) is 0 Å². The molecule has 1 fully saturated rings. The highest BCUT2D eigenvalue weighted by Crippen LogP contribution is 2.25. The molecule has 2 rings (SSSR count). The second-order valence-electron chi connectivity index (χ2n) is 4.40. The minimum Gasteiger partial charge on any atom is -0.493 e. The second kappa shape index (κ2) is 6.50. The van der Waals surface area contributed by atoms with Crippen LogP contribution >= 0.6 is 0 Å². The Morgan fingerprint density at radius 2 is 1.76 bits per heavy atom. The van der Waals surface area contributed by atoms with Crippen LogP contribution in [0.3, 0.4) is 0 Å². The Morgan fingerprint density at radius 1 is 1.06 bits per heavy atom. The highest BCUT2D eigenvalue weighted by atomic mass is 16.5. The number of methoxy groups -OCH3 is 1. The molecule has 0 saturated carbocycles. The summed E-state index contributed by atoms with van der Waals surface area (Å²) in [6.07, 6.45) is 4.03. The van der Waals surface area contributed by atoms with Gasteiger partial charge in [-0.25, -0.2) is 0 Å². The van der Waals surface area contributed by atoms with Gasteiger partial charge in [-0.15, -0.1) is 0 Å². The molecule has 1 aromatic rings. The molecule has 0 amide bonds. The van der Waals surface area contributed by atoms with Gasteiger partial charge in [0.1, 0.15) is 6.61 Å². The number of hydrogen-bond acceptors (Lipinski definition) is 3. The molecule has 17 heavy (non-hydrogen) atoms. The minimum atomic E-state index is 0.736. The van der Waals surface area contributed by atoms with E-state index in [-0.39, 0.29) is 0 Å². The molecule has 0 radical (unpaired) electrons. The van der Waals surface area contributed by atoms with Crippen LogP contribution < -0.4 is 9.47 Å². The number of rotatable bonds is 5. The predicted octanol–water partition coefficient (Wildman–Crippen LogP) is 2.56. The first-order valence-electron chi connectivity index (χ1n) is 6.38. The largest absolute Gasteiger partial charge is 0.493 e. The third kappa shape index (κ3) is 3.63. The molecule has 3 heteroatoms. The molecule has 1 aromatic carbocycles. The number of benzene rings is 1. The number of likely N-dealkylation sites (tertiary alicyclic amines) is 1. The van der Waals surface area contributed by atoms with Gasteiger partial charge in [-0.3, -0.25) is 4.90 Å². The zero-order valence-electron chi connectivity index (χ0n) is 10.5. The van der Waals surface area contributed by atoms with Crippen LogP contribution in [0.15, 0.2) is 24.3 Å². The van der Waals surface area contributed by atoms with Crippen molar-refractivity contribution in [1.82, 2.24) is 4.90 Å². The normalized spacial score (nSPS) is 16.8. The van der Waals surface area contributed by atoms with Crippen molar-refractivity contribution < 1.29 is 9.47 Å². The van der Waals surface area contributed by atoms with Crippen LogP contribution in [0.25, 0.3) is 0 Å². The maximum Gasteiger partial charge on any atom is 0.161 e. The third-order valence-corrected chi connectivity index (χ3v) is 3.18.